The molecule has 1 aromatic carbocycles. The highest BCUT2D eigenvalue weighted by molar-refractivity contribution is 9.10. The number of carbonyl (C=O) groups excluding carboxylic acids is 1. The molecule has 110 valence electrons. The molecular weight excluding hydrogens is 365 g/mol. The smallest absolute Gasteiger partial charge is 0.305 e. The molecule has 0 aliphatic carbocycles. The fraction of sp³-hybridized carbons (Fsp3) is 0.167. The number of carboxylic acid groups (broad SMARTS) is 1. The third kappa shape index (κ3) is 4.36. The van der Waals surface area contributed by atoms with Gasteiger partial charge in [0.15, 0.2) is 5.17 Å². The first kappa shape index (κ1) is 15.6. The van der Waals surface area contributed by atoms with Crippen molar-refractivity contribution in [1.82, 2.24) is 5.32 Å². The van der Waals surface area contributed by atoms with Crippen LogP contribution >= 0.6 is 27.7 Å². The highest BCUT2D eigenvalue weighted by atomic mass is 79.9. The van der Waals surface area contributed by atoms with E-state index >= 15 is 0 Å². The van der Waals surface area contributed by atoms with Crippen molar-refractivity contribution in [1.29, 1.82) is 0 Å². The number of amides is 1. The number of aliphatic carboxylic acids is 1. The topological polar surface area (TPSA) is 91.1 Å². The van der Waals surface area contributed by atoms with Crippen molar-refractivity contribution in [3.05, 3.63) is 34.1 Å². The summed E-state index contributed by atoms with van der Waals surface area (Å²) in [6.07, 6.45) is 0.920. The Morgan fingerprint density at radius 3 is 3.05 bits per heavy atom. The number of carbonyl (C=O) groups is 2. The second kappa shape index (κ2) is 6.81. The van der Waals surface area contributed by atoms with Gasteiger partial charge in [0.2, 0.25) is 5.91 Å². The third-order valence-corrected chi connectivity index (χ3v) is 4.01. The van der Waals surface area contributed by atoms with Crippen LogP contribution in [0.15, 0.2) is 32.9 Å². The van der Waals surface area contributed by atoms with Crippen LogP contribution in [0.3, 0.4) is 0 Å². The summed E-state index contributed by atoms with van der Waals surface area (Å²) in [6.45, 7) is 0. The predicted octanol–water partition coefficient (Wildman–Crippen LogP) is 1.98. The fourth-order valence-electron chi connectivity index (χ4n) is 1.50. The molecule has 0 bridgehead atoms. The summed E-state index contributed by atoms with van der Waals surface area (Å²) in [5.41, 5.74) is 0.241. The molecule has 0 spiro atoms. The summed E-state index contributed by atoms with van der Waals surface area (Å²) in [5, 5.41) is 18.0. The van der Waals surface area contributed by atoms with E-state index in [0.717, 1.165) is 11.8 Å². The fourth-order valence-corrected chi connectivity index (χ4v) is 2.80. The number of nitrogens with one attached hydrogen (secondary N) is 1. The van der Waals surface area contributed by atoms with Crippen molar-refractivity contribution in [2.45, 2.75) is 11.7 Å². The van der Waals surface area contributed by atoms with Gasteiger partial charge in [-0.15, -0.1) is 5.10 Å². The maximum Gasteiger partial charge on any atom is 0.305 e. The summed E-state index contributed by atoms with van der Waals surface area (Å²) < 4.78 is 14.1. The van der Waals surface area contributed by atoms with E-state index in [0.29, 0.717) is 4.47 Å². The number of amidine groups is 1. The largest absolute Gasteiger partial charge is 0.481 e. The average molecular weight is 374 g/mol. The lowest BCUT2D eigenvalue weighted by Crippen LogP contribution is -2.26. The molecule has 1 aliphatic rings. The number of thioether (sulfide) groups is 1. The molecule has 6 nitrogen and oxygen atoms in total. The number of hydrogen-bond acceptors (Lipinski definition) is 5. The van der Waals surface area contributed by atoms with Crippen molar-refractivity contribution >= 4 is 51.0 Å². The zero-order valence-corrected chi connectivity index (χ0v) is 12.8. The van der Waals surface area contributed by atoms with Crippen LogP contribution in [-0.4, -0.2) is 33.6 Å². The van der Waals surface area contributed by atoms with E-state index < -0.39 is 22.9 Å². The molecule has 2 rings (SSSR count). The van der Waals surface area contributed by atoms with Gasteiger partial charge in [-0.1, -0.05) is 27.7 Å². The van der Waals surface area contributed by atoms with Crippen LogP contribution < -0.4 is 5.32 Å². The van der Waals surface area contributed by atoms with Crippen LogP contribution in [0.2, 0.25) is 0 Å². The van der Waals surface area contributed by atoms with Crippen LogP contribution in [0.1, 0.15) is 12.0 Å². The molecule has 1 atom stereocenters. The van der Waals surface area contributed by atoms with Crippen LogP contribution in [0.5, 0.6) is 0 Å². The number of benzene rings is 1. The molecule has 0 aromatic heterocycles. The van der Waals surface area contributed by atoms with Gasteiger partial charge in [0.25, 0.3) is 0 Å². The first-order valence-corrected chi connectivity index (χ1v) is 7.38. The quantitative estimate of drug-likeness (QED) is 0.623. The second-order valence-corrected chi connectivity index (χ2v) is 6.12. The lowest BCUT2D eigenvalue weighted by atomic mass is 10.2. The van der Waals surface area contributed by atoms with Crippen LogP contribution in [0.4, 0.5) is 4.39 Å². The standard InChI is InChI=1S/C12H9BrFN3O3S/c13-7-1-2-8(14)6(3-7)5-15-17-12-16-11(20)9(21-12)4-10(18)19/h1-3,5,9H,4H2,(H,18,19)(H,16,17,20). The normalized spacial score (nSPS) is 20.2. The van der Waals surface area contributed by atoms with Gasteiger partial charge in [0.1, 0.15) is 11.1 Å². The van der Waals surface area contributed by atoms with Gasteiger partial charge in [-0.2, -0.15) is 5.10 Å². The highest BCUT2D eigenvalue weighted by Gasteiger charge is 2.32. The minimum Gasteiger partial charge on any atom is -0.481 e. The van der Waals surface area contributed by atoms with E-state index in [9.17, 15) is 14.0 Å². The molecule has 1 heterocycles. The second-order valence-electron chi connectivity index (χ2n) is 4.01. The third-order valence-electron chi connectivity index (χ3n) is 2.44. The lowest BCUT2D eigenvalue weighted by Gasteiger charge is -1.98. The zero-order chi connectivity index (χ0) is 15.4. The monoisotopic (exact) mass is 373 g/mol. The Morgan fingerprint density at radius 2 is 2.33 bits per heavy atom. The molecule has 2 N–H and O–H groups in total. The lowest BCUT2D eigenvalue weighted by molar-refractivity contribution is -0.138. The molecule has 9 heteroatoms. The van der Waals surface area contributed by atoms with E-state index in [1.807, 2.05) is 0 Å². The molecule has 1 aliphatic heterocycles. The maximum absolute atomic E-state index is 13.4. The number of rotatable bonds is 4. The molecule has 1 amide bonds. The van der Waals surface area contributed by atoms with Crippen LogP contribution in [-0.2, 0) is 9.59 Å². The van der Waals surface area contributed by atoms with Gasteiger partial charge in [0.05, 0.1) is 12.6 Å². The summed E-state index contributed by atoms with van der Waals surface area (Å²) in [5.74, 6) is -1.94. The number of carboxylic acids is 1. The molecule has 1 saturated heterocycles. The Labute approximate surface area is 131 Å². The van der Waals surface area contributed by atoms with Crippen molar-refractivity contribution in [3.63, 3.8) is 0 Å². The molecular formula is C12H9BrFN3O3S. The highest BCUT2D eigenvalue weighted by Crippen LogP contribution is 2.22. The molecule has 0 radical (unpaired) electrons. The summed E-state index contributed by atoms with van der Waals surface area (Å²) in [7, 11) is 0. The van der Waals surface area contributed by atoms with E-state index in [1.165, 1.54) is 18.3 Å². The van der Waals surface area contributed by atoms with Gasteiger partial charge in [-0.25, -0.2) is 4.39 Å². The van der Waals surface area contributed by atoms with E-state index in [2.05, 4.69) is 31.4 Å². The first-order chi connectivity index (χ1) is 9.95. The Balaban J connectivity index is 2.05. The molecule has 1 unspecified atom stereocenters. The summed E-state index contributed by atoms with van der Waals surface area (Å²) >= 11 is 4.19. The van der Waals surface area contributed by atoms with Crippen LogP contribution in [0, 0.1) is 5.82 Å². The number of nitrogens with zero attached hydrogens (tertiary/aromatic N) is 2. The SMILES string of the molecule is O=C(O)CC1SC(=NN=Cc2cc(Br)ccc2F)NC1=O. The first-order valence-electron chi connectivity index (χ1n) is 5.71. The Kier molecular flexibility index (Phi) is 5.07. The number of halogens is 2. The van der Waals surface area contributed by atoms with Gasteiger partial charge >= 0.3 is 5.97 Å². The van der Waals surface area contributed by atoms with E-state index in [4.69, 9.17) is 5.11 Å². The van der Waals surface area contributed by atoms with Crippen molar-refractivity contribution in [2.24, 2.45) is 10.2 Å². The zero-order valence-electron chi connectivity index (χ0n) is 10.4. The van der Waals surface area contributed by atoms with E-state index in [1.54, 1.807) is 6.07 Å². The minimum absolute atomic E-state index is 0.193. The Morgan fingerprint density at radius 1 is 1.57 bits per heavy atom. The van der Waals surface area contributed by atoms with Crippen LogP contribution in [0.25, 0.3) is 0 Å². The Hall–Kier alpha value is -1.74. The Bertz CT molecular complexity index is 651. The van der Waals surface area contributed by atoms with Gasteiger partial charge < -0.3 is 10.4 Å². The molecule has 0 saturated carbocycles. The van der Waals surface area contributed by atoms with Crippen molar-refractivity contribution < 1.29 is 19.1 Å². The average Bonchev–Trinajstić information content (AvgIpc) is 2.73. The van der Waals surface area contributed by atoms with E-state index in [-0.39, 0.29) is 17.2 Å². The summed E-state index contributed by atoms with van der Waals surface area (Å²) in [6, 6.07) is 4.38. The molecule has 1 aromatic rings. The van der Waals surface area contributed by atoms with Gasteiger partial charge in [-0.05, 0) is 18.2 Å². The maximum atomic E-state index is 13.4. The summed E-state index contributed by atoms with van der Waals surface area (Å²) in [4.78, 5) is 22.0. The van der Waals surface area contributed by atoms with Crippen molar-refractivity contribution in [3.8, 4) is 0 Å². The van der Waals surface area contributed by atoms with Gasteiger partial charge in [-0.3, -0.25) is 9.59 Å². The predicted molar refractivity (Wildman–Crippen MR) is 80.9 cm³/mol. The number of hydrogen-bond donors (Lipinski definition) is 2. The minimum atomic E-state index is -1.07. The molecule has 21 heavy (non-hydrogen) atoms. The molecule has 1 fully saturated rings. The van der Waals surface area contributed by atoms with Gasteiger partial charge in [0, 0.05) is 10.0 Å². The van der Waals surface area contributed by atoms with Crippen molar-refractivity contribution in [2.75, 3.05) is 0 Å².